The summed E-state index contributed by atoms with van der Waals surface area (Å²) in [6.45, 7) is 4.44. The van der Waals surface area contributed by atoms with Crippen LogP contribution >= 0.6 is 11.3 Å². The molecule has 1 aliphatic carbocycles. The number of nitrogens with zero attached hydrogens (tertiary/aromatic N) is 2. The molecule has 138 valence electrons. The summed E-state index contributed by atoms with van der Waals surface area (Å²) < 4.78 is 0. The molecule has 2 heterocycles. The predicted octanol–water partition coefficient (Wildman–Crippen LogP) is 2.79. The molecule has 1 N–H and O–H groups in total. The standard InChI is InChI=1S/C19H29N3O2S/c1-2-17-21-14(13-25-17)9-10-20-18(23)15-7-3-4-8-16(15)19(24)22-11-5-6-12-22/h13,15-16H,2-12H2,1H3,(H,20,23)/t15-,16+/m1/s1. The Morgan fingerprint density at radius 1 is 1.20 bits per heavy atom. The molecular formula is C19H29N3O2S. The minimum Gasteiger partial charge on any atom is -0.355 e. The number of amides is 2. The Hall–Kier alpha value is -1.43. The first-order chi connectivity index (χ1) is 12.2. The van der Waals surface area contributed by atoms with Crippen LogP contribution in [0.5, 0.6) is 0 Å². The van der Waals surface area contributed by atoms with Crippen LogP contribution in [0, 0.1) is 11.8 Å². The van der Waals surface area contributed by atoms with Crippen molar-refractivity contribution < 1.29 is 9.59 Å². The Labute approximate surface area is 154 Å². The molecule has 1 aliphatic heterocycles. The summed E-state index contributed by atoms with van der Waals surface area (Å²) in [6.07, 6.45) is 7.73. The highest BCUT2D eigenvalue weighted by Crippen LogP contribution is 2.32. The third kappa shape index (κ3) is 4.60. The predicted molar refractivity (Wildman–Crippen MR) is 99.5 cm³/mol. The van der Waals surface area contributed by atoms with Gasteiger partial charge in [0.1, 0.15) is 0 Å². The van der Waals surface area contributed by atoms with Crippen molar-refractivity contribution in [3.05, 3.63) is 16.1 Å². The average Bonchev–Trinajstić information content (AvgIpc) is 3.33. The molecule has 25 heavy (non-hydrogen) atoms. The lowest BCUT2D eigenvalue weighted by molar-refractivity contribution is -0.142. The van der Waals surface area contributed by atoms with E-state index in [0.717, 1.165) is 75.2 Å². The second-order valence-electron chi connectivity index (χ2n) is 7.16. The van der Waals surface area contributed by atoms with Crippen molar-refractivity contribution in [3.63, 3.8) is 0 Å². The van der Waals surface area contributed by atoms with E-state index in [9.17, 15) is 9.59 Å². The first-order valence-electron chi connectivity index (χ1n) is 9.68. The summed E-state index contributed by atoms with van der Waals surface area (Å²) >= 11 is 1.68. The highest BCUT2D eigenvalue weighted by Gasteiger charge is 2.38. The van der Waals surface area contributed by atoms with Gasteiger partial charge < -0.3 is 10.2 Å². The molecule has 2 amide bonds. The summed E-state index contributed by atoms with van der Waals surface area (Å²) in [5.41, 5.74) is 1.05. The van der Waals surface area contributed by atoms with Crippen LogP contribution in [0.3, 0.4) is 0 Å². The van der Waals surface area contributed by atoms with Gasteiger partial charge in [0.05, 0.1) is 10.7 Å². The topological polar surface area (TPSA) is 62.3 Å². The van der Waals surface area contributed by atoms with Crippen LogP contribution in [0.4, 0.5) is 0 Å². The number of aromatic nitrogens is 1. The van der Waals surface area contributed by atoms with Crippen LogP contribution in [-0.4, -0.2) is 41.3 Å². The van der Waals surface area contributed by atoms with Crippen molar-refractivity contribution in [2.24, 2.45) is 11.8 Å². The van der Waals surface area contributed by atoms with E-state index in [2.05, 4.69) is 22.6 Å². The van der Waals surface area contributed by atoms with Gasteiger partial charge in [0.15, 0.2) is 0 Å². The van der Waals surface area contributed by atoms with Crippen molar-refractivity contribution in [1.29, 1.82) is 0 Å². The molecule has 1 aromatic rings. The minimum atomic E-state index is -0.150. The van der Waals surface area contributed by atoms with E-state index >= 15 is 0 Å². The fraction of sp³-hybridized carbons (Fsp3) is 0.737. The van der Waals surface area contributed by atoms with Crippen LogP contribution < -0.4 is 5.32 Å². The summed E-state index contributed by atoms with van der Waals surface area (Å²) in [7, 11) is 0. The zero-order chi connectivity index (χ0) is 17.6. The van der Waals surface area contributed by atoms with Gasteiger partial charge in [0.25, 0.3) is 0 Å². The zero-order valence-electron chi connectivity index (χ0n) is 15.1. The van der Waals surface area contributed by atoms with Crippen LogP contribution in [-0.2, 0) is 22.4 Å². The minimum absolute atomic E-state index is 0.0585. The Morgan fingerprint density at radius 3 is 2.60 bits per heavy atom. The fourth-order valence-corrected chi connectivity index (χ4v) is 4.76. The molecule has 1 saturated heterocycles. The maximum atomic E-state index is 12.8. The molecule has 0 unspecified atom stereocenters. The van der Waals surface area contributed by atoms with E-state index in [4.69, 9.17) is 0 Å². The van der Waals surface area contributed by atoms with E-state index in [1.54, 1.807) is 11.3 Å². The first kappa shape index (κ1) is 18.4. The molecule has 2 aliphatic rings. The van der Waals surface area contributed by atoms with Gasteiger partial charge in [-0.3, -0.25) is 9.59 Å². The largest absolute Gasteiger partial charge is 0.355 e. The number of rotatable bonds is 6. The quantitative estimate of drug-likeness (QED) is 0.845. The lowest BCUT2D eigenvalue weighted by atomic mass is 9.78. The van der Waals surface area contributed by atoms with E-state index in [-0.39, 0.29) is 23.7 Å². The number of thiazole rings is 1. The Balaban J connectivity index is 1.52. The van der Waals surface area contributed by atoms with Gasteiger partial charge in [-0.2, -0.15) is 0 Å². The summed E-state index contributed by atoms with van der Waals surface area (Å²) in [4.78, 5) is 32.0. The van der Waals surface area contributed by atoms with Gasteiger partial charge >= 0.3 is 0 Å². The van der Waals surface area contributed by atoms with Crippen LogP contribution in [0.1, 0.15) is 56.2 Å². The number of carbonyl (C=O) groups excluding carboxylic acids is 2. The van der Waals surface area contributed by atoms with Gasteiger partial charge in [-0.05, 0) is 32.1 Å². The van der Waals surface area contributed by atoms with Crippen LogP contribution in [0.25, 0.3) is 0 Å². The van der Waals surface area contributed by atoms with Gasteiger partial charge in [-0.1, -0.05) is 19.8 Å². The maximum Gasteiger partial charge on any atom is 0.226 e. The van der Waals surface area contributed by atoms with Gasteiger partial charge in [0.2, 0.25) is 11.8 Å². The average molecular weight is 364 g/mol. The molecule has 0 spiro atoms. The Morgan fingerprint density at radius 2 is 1.92 bits per heavy atom. The second-order valence-corrected chi connectivity index (χ2v) is 8.10. The number of hydrogen-bond acceptors (Lipinski definition) is 4. The lowest BCUT2D eigenvalue weighted by Gasteiger charge is -2.32. The normalized spacial score (nSPS) is 23.6. The van der Waals surface area contributed by atoms with E-state index in [0.29, 0.717) is 6.54 Å². The Kier molecular flexibility index (Phi) is 6.45. The first-order valence-corrected chi connectivity index (χ1v) is 10.6. The maximum absolute atomic E-state index is 12.8. The molecule has 1 aromatic heterocycles. The lowest BCUT2D eigenvalue weighted by Crippen LogP contribution is -2.45. The highest BCUT2D eigenvalue weighted by molar-refractivity contribution is 7.09. The molecule has 0 aromatic carbocycles. The number of carbonyl (C=O) groups is 2. The summed E-state index contributed by atoms with van der Waals surface area (Å²) in [5.74, 6) is 0.00827. The molecule has 2 atom stereocenters. The number of nitrogens with one attached hydrogen (secondary N) is 1. The monoisotopic (exact) mass is 363 g/mol. The molecule has 0 radical (unpaired) electrons. The third-order valence-electron chi connectivity index (χ3n) is 5.42. The van der Waals surface area contributed by atoms with Crippen molar-refractivity contribution in [3.8, 4) is 0 Å². The molecule has 6 heteroatoms. The molecule has 3 rings (SSSR count). The number of hydrogen-bond donors (Lipinski definition) is 1. The second kappa shape index (κ2) is 8.79. The van der Waals surface area contributed by atoms with Crippen molar-refractivity contribution in [1.82, 2.24) is 15.2 Å². The molecule has 1 saturated carbocycles. The molecule has 0 bridgehead atoms. The van der Waals surface area contributed by atoms with E-state index in [1.165, 1.54) is 0 Å². The zero-order valence-corrected chi connectivity index (χ0v) is 15.9. The van der Waals surface area contributed by atoms with Gasteiger partial charge in [0, 0.05) is 43.3 Å². The summed E-state index contributed by atoms with van der Waals surface area (Å²) in [6, 6.07) is 0. The molecular weight excluding hydrogens is 334 g/mol. The number of aryl methyl sites for hydroxylation is 1. The Bertz CT molecular complexity index is 595. The molecule has 2 fully saturated rings. The SMILES string of the molecule is CCc1nc(CCNC(=O)[C@@H]2CCCC[C@@H]2C(=O)N2CCCC2)cs1. The number of likely N-dealkylation sites (tertiary alicyclic amines) is 1. The fourth-order valence-electron chi connectivity index (χ4n) is 3.98. The van der Waals surface area contributed by atoms with E-state index in [1.807, 2.05) is 4.90 Å². The smallest absolute Gasteiger partial charge is 0.226 e. The highest BCUT2D eigenvalue weighted by atomic mass is 32.1. The molecule has 5 nitrogen and oxygen atoms in total. The van der Waals surface area contributed by atoms with Gasteiger partial charge in [-0.15, -0.1) is 11.3 Å². The van der Waals surface area contributed by atoms with Crippen LogP contribution in [0.2, 0.25) is 0 Å². The van der Waals surface area contributed by atoms with Crippen molar-refractivity contribution >= 4 is 23.2 Å². The van der Waals surface area contributed by atoms with Crippen molar-refractivity contribution in [2.75, 3.05) is 19.6 Å². The summed E-state index contributed by atoms with van der Waals surface area (Å²) in [5, 5.41) is 6.28. The van der Waals surface area contributed by atoms with Crippen molar-refractivity contribution in [2.45, 2.75) is 58.3 Å². The third-order valence-corrected chi connectivity index (χ3v) is 6.46. The van der Waals surface area contributed by atoms with Gasteiger partial charge in [-0.25, -0.2) is 4.98 Å². The van der Waals surface area contributed by atoms with E-state index < -0.39 is 0 Å². The van der Waals surface area contributed by atoms with Crippen LogP contribution in [0.15, 0.2) is 5.38 Å².